The van der Waals surface area contributed by atoms with Crippen LogP contribution in [0, 0.1) is 25.0 Å². The first-order valence-electron chi connectivity index (χ1n) is 7.14. The van der Waals surface area contributed by atoms with Gasteiger partial charge >= 0.3 is 0 Å². The summed E-state index contributed by atoms with van der Waals surface area (Å²) < 4.78 is 0. The summed E-state index contributed by atoms with van der Waals surface area (Å²) in [5.74, 6) is 0.854. The molecule has 0 aliphatic carbocycles. The van der Waals surface area contributed by atoms with Crippen molar-refractivity contribution in [1.82, 2.24) is 0 Å². The SMILES string of the molecule is CCC(CC)Cc1cc[c-]cc1.Cc1cc[c-]cc1.[Y]. The molecule has 0 spiro atoms. The van der Waals surface area contributed by atoms with Crippen molar-refractivity contribution in [3.63, 3.8) is 0 Å². The summed E-state index contributed by atoms with van der Waals surface area (Å²) in [6, 6.07) is 22.2. The maximum Gasteiger partial charge on any atom is 0 e. The Morgan fingerprint density at radius 3 is 1.65 bits per heavy atom. The summed E-state index contributed by atoms with van der Waals surface area (Å²) in [6.07, 6.45) is 3.80. The predicted molar refractivity (Wildman–Crippen MR) is 83.1 cm³/mol. The molecule has 2 aromatic rings. The first-order valence-corrected chi connectivity index (χ1v) is 7.14. The minimum absolute atomic E-state index is 0. The molecule has 0 saturated carbocycles. The van der Waals surface area contributed by atoms with E-state index in [4.69, 9.17) is 0 Å². The molecular weight excluding hydrogens is 317 g/mol. The van der Waals surface area contributed by atoms with Crippen molar-refractivity contribution in [1.29, 1.82) is 0 Å². The van der Waals surface area contributed by atoms with E-state index in [1.54, 1.807) is 0 Å². The van der Waals surface area contributed by atoms with Gasteiger partial charge in [0.25, 0.3) is 0 Å². The van der Waals surface area contributed by atoms with Gasteiger partial charge in [-0.1, -0.05) is 33.6 Å². The predicted octanol–water partition coefficient (Wildman–Crippen LogP) is 5.26. The minimum atomic E-state index is 0. The third-order valence-corrected chi connectivity index (χ3v) is 3.35. The second-order valence-electron chi connectivity index (χ2n) is 4.87. The molecular formula is C19H24Y-2. The van der Waals surface area contributed by atoms with Crippen LogP contribution < -0.4 is 0 Å². The van der Waals surface area contributed by atoms with Crippen molar-refractivity contribution in [3.8, 4) is 0 Å². The van der Waals surface area contributed by atoms with Gasteiger partial charge in [0.15, 0.2) is 0 Å². The topological polar surface area (TPSA) is 0 Å². The van der Waals surface area contributed by atoms with E-state index in [-0.39, 0.29) is 32.7 Å². The van der Waals surface area contributed by atoms with Crippen molar-refractivity contribution in [3.05, 3.63) is 71.8 Å². The fraction of sp³-hybridized carbons (Fsp3) is 0.368. The van der Waals surface area contributed by atoms with E-state index in [0.29, 0.717) is 0 Å². The zero-order valence-corrected chi connectivity index (χ0v) is 15.7. The van der Waals surface area contributed by atoms with Gasteiger partial charge in [-0.15, -0.1) is 0 Å². The van der Waals surface area contributed by atoms with Crippen LogP contribution in [0.25, 0.3) is 0 Å². The van der Waals surface area contributed by atoms with Gasteiger partial charge in [-0.3, -0.25) is 0 Å². The Morgan fingerprint density at radius 2 is 1.30 bits per heavy atom. The summed E-state index contributed by atoms with van der Waals surface area (Å²) in [6.45, 7) is 6.60. The third-order valence-electron chi connectivity index (χ3n) is 3.35. The molecule has 0 nitrogen and oxygen atoms in total. The van der Waals surface area contributed by atoms with Gasteiger partial charge in [-0.05, 0) is 12.3 Å². The van der Waals surface area contributed by atoms with Gasteiger partial charge in [0.1, 0.15) is 0 Å². The van der Waals surface area contributed by atoms with Gasteiger partial charge in [-0.25, -0.2) is 0 Å². The fourth-order valence-electron chi connectivity index (χ4n) is 1.94. The van der Waals surface area contributed by atoms with Crippen LogP contribution in [0.3, 0.4) is 0 Å². The molecule has 0 fully saturated rings. The Hall–Kier alpha value is -0.456. The average molecular weight is 341 g/mol. The number of hydrogen-bond acceptors (Lipinski definition) is 0. The summed E-state index contributed by atoms with van der Waals surface area (Å²) >= 11 is 0. The Bertz CT molecular complexity index is 418. The number of benzene rings is 2. The van der Waals surface area contributed by atoms with Crippen molar-refractivity contribution < 1.29 is 32.7 Å². The Morgan fingerprint density at radius 1 is 0.850 bits per heavy atom. The second kappa shape index (κ2) is 12.3. The smallest absolute Gasteiger partial charge is 0 e. The Labute approximate surface area is 149 Å². The van der Waals surface area contributed by atoms with Crippen LogP contribution in [0.1, 0.15) is 37.8 Å². The van der Waals surface area contributed by atoms with E-state index >= 15 is 0 Å². The molecule has 0 heterocycles. The zero-order valence-electron chi connectivity index (χ0n) is 12.9. The standard InChI is InChI=1S/C12H17.C7H7.Y/c1-3-11(4-2)10-12-8-6-5-7-9-12;1-7-5-3-2-4-6-7;/h6-9,11H,3-4,10H2,1-2H3;3-6H,1H3;/q2*-1;. The molecule has 0 unspecified atom stereocenters. The van der Waals surface area contributed by atoms with Crippen LogP contribution in [0.4, 0.5) is 0 Å². The first kappa shape index (κ1) is 19.5. The van der Waals surface area contributed by atoms with E-state index in [1.165, 1.54) is 30.4 Å². The Kier molecular flexibility index (Phi) is 12.0. The van der Waals surface area contributed by atoms with Crippen LogP contribution in [-0.2, 0) is 39.1 Å². The molecule has 0 aliphatic rings. The number of hydrogen-bond donors (Lipinski definition) is 0. The quantitative estimate of drug-likeness (QED) is 0.666. The van der Waals surface area contributed by atoms with E-state index in [1.807, 2.05) is 36.4 Å². The van der Waals surface area contributed by atoms with Gasteiger partial charge < -0.3 is 0 Å². The van der Waals surface area contributed by atoms with Crippen molar-refractivity contribution in [2.75, 3.05) is 0 Å². The molecule has 0 aliphatic heterocycles. The summed E-state index contributed by atoms with van der Waals surface area (Å²) in [4.78, 5) is 0. The van der Waals surface area contributed by atoms with Gasteiger partial charge in [0.05, 0.1) is 0 Å². The van der Waals surface area contributed by atoms with Crippen LogP contribution in [-0.4, -0.2) is 0 Å². The van der Waals surface area contributed by atoms with E-state index < -0.39 is 0 Å². The molecule has 0 bridgehead atoms. The second-order valence-corrected chi connectivity index (χ2v) is 4.87. The summed E-state index contributed by atoms with van der Waals surface area (Å²) in [7, 11) is 0. The maximum atomic E-state index is 3.04. The molecule has 0 atom stereocenters. The number of rotatable bonds is 4. The Balaban J connectivity index is 0.000000387. The normalized spacial score (nSPS) is 9.40. The molecule has 0 saturated heterocycles. The van der Waals surface area contributed by atoms with Gasteiger partial charge in [0, 0.05) is 32.7 Å². The molecule has 20 heavy (non-hydrogen) atoms. The van der Waals surface area contributed by atoms with Crippen LogP contribution in [0.2, 0.25) is 0 Å². The monoisotopic (exact) mass is 341 g/mol. The third kappa shape index (κ3) is 8.66. The maximum absolute atomic E-state index is 3.04. The molecule has 1 heteroatoms. The average Bonchev–Trinajstić information content (AvgIpc) is 2.47. The largest absolute Gasteiger partial charge is 0.184 e. The molecule has 0 aromatic heterocycles. The van der Waals surface area contributed by atoms with E-state index in [9.17, 15) is 0 Å². The van der Waals surface area contributed by atoms with Crippen LogP contribution in [0.15, 0.2) is 48.5 Å². The molecule has 0 N–H and O–H groups in total. The van der Waals surface area contributed by atoms with Crippen molar-refractivity contribution >= 4 is 0 Å². The fourth-order valence-corrected chi connectivity index (χ4v) is 1.94. The minimum Gasteiger partial charge on any atom is -0.184 e. The molecule has 0 amide bonds. The van der Waals surface area contributed by atoms with Crippen molar-refractivity contribution in [2.24, 2.45) is 5.92 Å². The molecule has 105 valence electrons. The zero-order chi connectivity index (χ0) is 13.9. The molecule has 1 radical (unpaired) electrons. The van der Waals surface area contributed by atoms with Crippen molar-refractivity contribution in [2.45, 2.75) is 40.0 Å². The first-order chi connectivity index (χ1) is 9.26. The summed E-state index contributed by atoms with van der Waals surface area (Å²) in [5, 5.41) is 0. The number of aryl methyl sites for hydroxylation is 1. The van der Waals surface area contributed by atoms with Crippen LogP contribution >= 0.6 is 0 Å². The molecule has 2 rings (SSSR count). The van der Waals surface area contributed by atoms with E-state index in [0.717, 1.165) is 5.92 Å². The summed E-state index contributed by atoms with van der Waals surface area (Å²) in [5.41, 5.74) is 2.74. The van der Waals surface area contributed by atoms with Gasteiger partial charge in [0.2, 0.25) is 0 Å². The molecule has 2 aromatic carbocycles. The van der Waals surface area contributed by atoms with Crippen LogP contribution in [0.5, 0.6) is 0 Å². The van der Waals surface area contributed by atoms with Gasteiger partial charge in [-0.2, -0.15) is 71.8 Å². The van der Waals surface area contributed by atoms with E-state index in [2.05, 4.69) is 45.0 Å².